The molecule has 0 bridgehead atoms. The zero-order valence-electron chi connectivity index (χ0n) is 18.3. The maximum absolute atomic E-state index is 13.2. The summed E-state index contributed by atoms with van der Waals surface area (Å²) in [5.41, 5.74) is 1.37. The van der Waals surface area contributed by atoms with E-state index < -0.39 is 6.04 Å². The maximum atomic E-state index is 13.2. The molecule has 0 radical (unpaired) electrons. The smallest absolute Gasteiger partial charge is 0.268 e. The predicted molar refractivity (Wildman–Crippen MR) is 119 cm³/mol. The summed E-state index contributed by atoms with van der Waals surface area (Å²) in [5, 5.41) is 25.7. The number of nitrogens with one attached hydrogen (secondary N) is 2. The van der Waals surface area contributed by atoms with Gasteiger partial charge in [0.15, 0.2) is 0 Å². The molecule has 3 N–H and O–H groups in total. The van der Waals surface area contributed by atoms with Gasteiger partial charge in [0.25, 0.3) is 5.91 Å². The zero-order valence-corrected chi connectivity index (χ0v) is 18.3. The maximum Gasteiger partial charge on any atom is 0.268 e. The van der Waals surface area contributed by atoms with Crippen LogP contribution in [0.5, 0.6) is 0 Å². The summed E-state index contributed by atoms with van der Waals surface area (Å²) in [7, 11) is 0. The van der Waals surface area contributed by atoms with Crippen molar-refractivity contribution >= 4 is 22.7 Å². The van der Waals surface area contributed by atoms with Gasteiger partial charge in [-0.25, -0.2) is 0 Å². The zero-order chi connectivity index (χ0) is 22.4. The second kappa shape index (κ2) is 10.5. The molecule has 3 rings (SSSR count). The molecular weight excluding hydrogens is 392 g/mol. The Bertz CT molecular complexity index is 959. The van der Waals surface area contributed by atoms with Crippen molar-refractivity contribution in [2.45, 2.75) is 64.6 Å². The molecule has 1 aliphatic carbocycles. The molecule has 1 unspecified atom stereocenters. The number of fused-ring (bicyclic) bond motifs is 1. The van der Waals surface area contributed by atoms with Crippen LogP contribution < -0.4 is 10.6 Å². The van der Waals surface area contributed by atoms with Crippen LogP contribution in [0.4, 0.5) is 0 Å². The number of amides is 2. The lowest BCUT2D eigenvalue weighted by atomic mass is 9.83. The molecular formula is C24H32N4O3. The van der Waals surface area contributed by atoms with Crippen molar-refractivity contribution in [3.63, 3.8) is 0 Å². The number of aliphatic hydroxyl groups is 1. The molecule has 1 saturated carbocycles. The highest BCUT2D eigenvalue weighted by Gasteiger charge is 2.33. The van der Waals surface area contributed by atoms with Crippen molar-refractivity contribution in [1.82, 2.24) is 15.2 Å². The number of carbonyl (C=O) groups is 2. The summed E-state index contributed by atoms with van der Waals surface area (Å²) in [6.07, 6.45) is 3.90. The summed E-state index contributed by atoms with van der Waals surface area (Å²) >= 11 is 0. The van der Waals surface area contributed by atoms with E-state index in [9.17, 15) is 20.0 Å². The van der Waals surface area contributed by atoms with Crippen LogP contribution in [0.25, 0.3) is 10.9 Å². The van der Waals surface area contributed by atoms with E-state index in [4.69, 9.17) is 0 Å². The first-order valence-electron chi connectivity index (χ1n) is 11.1. The van der Waals surface area contributed by atoms with Crippen molar-refractivity contribution in [1.29, 1.82) is 5.26 Å². The number of aromatic nitrogens is 1. The first kappa shape index (κ1) is 22.8. The molecule has 1 heterocycles. The average molecular weight is 425 g/mol. The van der Waals surface area contributed by atoms with Crippen molar-refractivity contribution < 1.29 is 14.7 Å². The van der Waals surface area contributed by atoms with Crippen molar-refractivity contribution in [3.05, 3.63) is 36.0 Å². The number of para-hydroxylation sites is 1. The number of nitriles is 1. The third-order valence-electron chi connectivity index (χ3n) is 5.97. The predicted octanol–water partition coefficient (Wildman–Crippen LogP) is 2.98. The molecule has 0 saturated heterocycles. The number of aliphatic hydroxyl groups excluding tert-OH is 1. The number of carbonyl (C=O) groups excluding carboxylic acids is 2. The van der Waals surface area contributed by atoms with E-state index in [1.165, 1.54) is 0 Å². The Morgan fingerprint density at radius 3 is 2.71 bits per heavy atom. The Kier molecular flexibility index (Phi) is 7.69. The Morgan fingerprint density at radius 2 is 2.00 bits per heavy atom. The molecule has 1 fully saturated rings. The van der Waals surface area contributed by atoms with E-state index in [1.807, 2.05) is 48.7 Å². The van der Waals surface area contributed by atoms with Crippen LogP contribution in [-0.2, 0) is 11.3 Å². The summed E-state index contributed by atoms with van der Waals surface area (Å²) in [6, 6.07) is 10.9. The number of benzene rings is 1. The topological polar surface area (TPSA) is 107 Å². The van der Waals surface area contributed by atoms with Crippen molar-refractivity contribution in [3.8, 4) is 6.07 Å². The van der Waals surface area contributed by atoms with E-state index in [0.29, 0.717) is 31.0 Å². The summed E-state index contributed by atoms with van der Waals surface area (Å²) < 4.78 is 1.82. The van der Waals surface area contributed by atoms with Crippen LogP contribution in [0.2, 0.25) is 0 Å². The molecule has 1 aromatic heterocycles. The highest BCUT2D eigenvalue weighted by molar-refractivity contribution is 5.99. The minimum absolute atomic E-state index is 0.0706. The molecule has 0 aliphatic heterocycles. The molecule has 2 amide bonds. The number of rotatable bonds is 8. The van der Waals surface area contributed by atoms with Crippen LogP contribution in [0, 0.1) is 23.2 Å². The van der Waals surface area contributed by atoms with Crippen LogP contribution in [0.3, 0.4) is 0 Å². The fraction of sp³-hybridized carbons (Fsp3) is 0.542. The lowest BCUT2D eigenvalue weighted by molar-refractivity contribution is -0.127. The van der Waals surface area contributed by atoms with E-state index in [0.717, 1.165) is 30.2 Å². The van der Waals surface area contributed by atoms with Crippen LogP contribution in [0.15, 0.2) is 30.3 Å². The van der Waals surface area contributed by atoms with Gasteiger partial charge >= 0.3 is 0 Å². The van der Waals surface area contributed by atoms with Crippen molar-refractivity contribution in [2.75, 3.05) is 6.61 Å². The molecule has 166 valence electrons. The SMILES string of the molecule is CC(C)C[C@@H](C#N)NC(=O)[C@@H]1CCCCC1NC(=O)c1cc2ccccc2n1CCO. The monoisotopic (exact) mass is 424 g/mol. The van der Waals surface area contributed by atoms with Crippen LogP contribution in [0.1, 0.15) is 56.4 Å². The van der Waals surface area contributed by atoms with Gasteiger partial charge in [0, 0.05) is 23.5 Å². The Hall–Kier alpha value is -2.85. The van der Waals surface area contributed by atoms with Crippen LogP contribution in [-0.4, -0.2) is 40.2 Å². The highest BCUT2D eigenvalue weighted by Crippen LogP contribution is 2.26. The minimum Gasteiger partial charge on any atom is -0.395 e. The van der Waals surface area contributed by atoms with Crippen LogP contribution >= 0.6 is 0 Å². The fourth-order valence-corrected chi connectivity index (χ4v) is 4.49. The standard InChI is InChI=1S/C24H32N4O3/c1-16(2)13-18(15-25)26-23(30)19-8-4-5-9-20(19)27-24(31)22-14-17-7-3-6-10-21(17)28(22)11-12-29/h3,6-7,10,14,16,18-20,29H,4-5,8-9,11-13H2,1-2H3,(H,26,30)(H,27,31)/t18-,19+,20?/m0/s1. The third kappa shape index (κ3) is 5.45. The first-order chi connectivity index (χ1) is 14.9. The Labute approximate surface area is 183 Å². The molecule has 1 aliphatic rings. The van der Waals surface area contributed by atoms with Gasteiger partial charge in [-0.05, 0) is 37.3 Å². The van der Waals surface area contributed by atoms with Gasteiger partial charge < -0.3 is 20.3 Å². The summed E-state index contributed by atoms with van der Waals surface area (Å²) in [4.78, 5) is 26.1. The number of nitrogens with zero attached hydrogens (tertiary/aromatic N) is 2. The second-order valence-corrected chi connectivity index (χ2v) is 8.75. The van der Waals surface area contributed by atoms with Gasteiger partial charge in [0.2, 0.25) is 5.91 Å². The largest absolute Gasteiger partial charge is 0.395 e. The van der Waals surface area contributed by atoms with Gasteiger partial charge in [-0.1, -0.05) is 44.9 Å². The Balaban J connectivity index is 1.76. The van der Waals surface area contributed by atoms with Gasteiger partial charge in [-0.15, -0.1) is 0 Å². The molecule has 31 heavy (non-hydrogen) atoms. The lowest BCUT2D eigenvalue weighted by Gasteiger charge is -2.32. The molecule has 7 nitrogen and oxygen atoms in total. The Morgan fingerprint density at radius 1 is 1.26 bits per heavy atom. The van der Waals surface area contributed by atoms with Gasteiger partial charge in [0.1, 0.15) is 11.7 Å². The third-order valence-corrected chi connectivity index (χ3v) is 5.97. The molecule has 3 atom stereocenters. The molecule has 0 spiro atoms. The van der Waals surface area contributed by atoms with E-state index in [1.54, 1.807) is 0 Å². The fourth-order valence-electron chi connectivity index (χ4n) is 4.49. The average Bonchev–Trinajstić information content (AvgIpc) is 3.12. The van der Waals surface area contributed by atoms with E-state index in [2.05, 4.69) is 16.7 Å². The second-order valence-electron chi connectivity index (χ2n) is 8.75. The molecule has 1 aromatic carbocycles. The summed E-state index contributed by atoms with van der Waals surface area (Å²) in [5.74, 6) is -0.446. The first-order valence-corrected chi connectivity index (χ1v) is 11.1. The van der Waals surface area contributed by atoms with E-state index >= 15 is 0 Å². The lowest BCUT2D eigenvalue weighted by Crippen LogP contribution is -2.50. The van der Waals surface area contributed by atoms with Gasteiger partial charge in [-0.3, -0.25) is 9.59 Å². The summed E-state index contributed by atoms with van der Waals surface area (Å²) in [6.45, 7) is 4.29. The number of hydrogen-bond donors (Lipinski definition) is 3. The van der Waals surface area contributed by atoms with Crippen molar-refractivity contribution in [2.24, 2.45) is 11.8 Å². The molecule has 7 heteroatoms. The number of hydrogen-bond acceptors (Lipinski definition) is 4. The minimum atomic E-state index is -0.516. The normalized spacial score (nSPS) is 19.7. The quantitative estimate of drug-likeness (QED) is 0.605. The highest BCUT2D eigenvalue weighted by atomic mass is 16.3. The molecule has 2 aromatic rings. The van der Waals surface area contributed by atoms with Gasteiger partial charge in [-0.2, -0.15) is 5.26 Å². The van der Waals surface area contributed by atoms with E-state index in [-0.39, 0.29) is 30.4 Å². The van der Waals surface area contributed by atoms with Gasteiger partial charge in [0.05, 0.1) is 18.6 Å².